The van der Waals surface area contributed by atoms with Crippen molar-refractivity contribution in [1.82, 2.24) is 10.2 Å². The van der Waals surface area contributed by atoms with E-state index in [0.717, 1.165) is 46.2 Å². The monoisotopic (exact) mass is 818 g/mol. The molecule has 2 amide bonds. The molecule has 7 rings (SSSR count). The number of nitrogens with zero attached hydrogens (tertiary/aromatic N) is 1. The number of carbonyl (C=O) groups is 4. The quantitative estimate of drug-likeness (QED) is 0.127. The van der Waals surface area contributed by atoms with Crippen LogP contribution in [0, 0.1) is 11.8 Å². The summed E-state index contributed by atoms with van der Waals surface area (Å²) in [5.41, 5.74) is 6.16. The number of hydrogen-bond donors (Lipinski definition) is 1. The molecule has 310 valence electrons. The molecule has 1 unspecified atom stereocenters. The van der Waals surface area contributed by atoms with E-state index in [1.54, 1.807) is 0 Å². The number of piperidine rings is 1. The van der Waals surface area contributed by atoms with E-state index in [-0.39, 0.29) is 56.3 Å². The second-order valence-electron chi connectivity index (χ2n) is 17.4. The highest BCUT2D eigenvalue weighted by atomic mass is 35.5. The molecular weight excluding hydrogens is 764 g/mol. The maximum absolute atomic E-state index is 14.9. The van der Waals surface area contributed by atoms with E-state index >= 15 is 0 Å². The molecule has 4 atom stereocenters. The average Bonchev–Trinajstić information content (AvgIpc) is 3.78. The van der Waals surface area contributed by atoms with Crippen molar-refractivity contribution in [2.24, 2.45) is 11.8 Å². The van der Waals surface area contributed by atoms with Gasteiger partial charge in [0.05, 0.1) is 36.8 Å². The Kier molecular flexibility index (Phi) is 12.9. The van der Waals surface area contributed by atoms with Crippen LogP contribution in [0.4, 0.5) is 0 Å². The molecule has 59 heavy (non-hydrogen) atoms. The van der Waals surface area contributed by atoms with Gasteiger partial charge in [0.25, 0.3) is 0 Å². The molecule has 1 heterocycles. The molecule has 0 saturated carbocycles. The van der Waals surface area contributed by atoms with Gasteiger partial charge in [-0.1, -0.05) is 96.5 Å². The van der Waals surface area contributed by atoms with E-state index in [9.17, 15) is 19.2 Å². The van der Waals surface area contributed by atoms with Crippen LogP contribution in [-0.2, 0) is 46.2 Å². The van der Waals surface area contributed by atoms with Crippen molar-refractivity contribution in [2.75, 3.05) is 33.4 Å². The summed E-state index contributed by atoms with van der Waals surface area (Å²) in [6, 6.07) is 32.0. The van der Waals surface area contributed by atoms with Crippen LogP contribution in [0.1, 0.15) is 92.5 Å². The van der Waals surface area contributed by atoms with Crippen LogP contribution in [0.15, 0.2) is 97.1 Å². The maximum atomic E-state index is 14.9. The van der Waals surface area contributed by atoms with Crippen molar-refractivity contribution < 1.29 is 33.4 Å². The summed E-state index contributed by atoms with van der Waals surface area (Å²) in [4.78, 5) is 58.1. The zero-order valence-electron chi connectivity index (χ0n) is 34.5. The molecule has 1 aliphatic heterocycles. The molecule has 3 aliphatic rings. The van der Waals surface area contributed by atoms with E-state index < -0.39 is 34.9 Å². The zero-order chi connectivity index (χ0) is 41.7. The van der Waals surface area contributed by atoms with Gasteiger partial charge in [0.2, 0.25) is 11.8 Å². The number of amides is 2. The van der Waals surface area contributed by atoms with Crippen LogP contribution in [0.3, 0.4) is 0 Å². The summed E-state index contributed by atoms with van der Waals surface area (Å²) < 4.78 is 17.2. The zero-order valence-corrected chi connectivity index (χ0v) is 35.3. The molecule has 2 aliphatic carbocycles. The topological polar surface area (TPSA) is 111 Å². The fraction of sp³-hybridized carbons (Fsp3) is 0.429. The average molecular weight is 819 g/mol. The summed E-state index contributed by atoms with van der Waals surface area (Å²) in [7, 11) is 1.51. The van der Waals surface area contributed by atoms with Crippen molar-refractivity contribution >= 4 is 35.4 Å². The van der Waals surface area contributed by atoms with Crippen LogP contribution >= 0.6 is 11.6 Å². The molecule has 1 saturated heterocycles. The first-order valence-corrected chi connectivity index (χ1v) is 21.2. The molecular formula is C49H55ClN2O7. The fourth-order valence-corrected chi connectivity index (χ4v) is 9.60. The molecule has 10 heteroatoms. The standard InChI is InChI=1S/C49H55ClN2O7/c1-48(2,3)59-45(54)27-42(41-23-20-33-12-5-6-13-36(33)41)47(56)52-25-11-24-49(31-52,28-32-18-21-35(50)22-19-32)51-46(55)34(29-57-4)26-44(53)58-30-43-39-16-9-7-14-37(39)38-15-8-10-17-40(38)43/h5-10,12-19,21-22,34,41-43H,11,20,23-31H2,1-4H3,(H,51,55)/t34-,41-,42-,49?/m0/s1. The third kappa shape index (κ3) is 9.90. The van der Waals surface area contributed by atoms with E-state index in [1.807, 2.05) is 86.3 Å². The third-order valence-corrected chi connectivity index (χ3v) is 12.3. The number of esters is 2. The molecule has 0 spiro atoms. The number of carbonyl (C=O) groups excluding carboxylic acids is 4. The van der Waals surface area contributed by atoms with Gasteiger partial charge in [0.15, 0.2) is 0 Å². The number of likely N-dealkylation sites (tertiary alicyclic amines) is 1. The van der Waals surface area contributed by atoms with E-state index in [1.165, 1.54) is 12.7 Å². The molecule has 1 N–H and O–H groups in total. The summed E-state index contributed by atoms with van der Waals surface area (Å²) in [5.74, 6) is -3.09. The number of halogens is 1. The molecule has 1 fully saturated rings. The van der Waals surface area contributed by atoms with Gasteiger partial charge in [0.1, 0.15) is 12.2 Å². The first-order chi connectivity index (χ1) is 28.3. The van der Waals surface area contributed by atoms with Gasteiger partial charge in [-0.3, -0.25) is 19.2 Å². The normalized spacial score (nSPS) is 19.5. The third-order valence-electron chi connectivity index (χ3n) is 12.0. The van der Waals surface area contributed by atoms with E-state index in [0.29, 0.717) is 30.8 Å². The van der Waals surface area contributed by atoms with Crippen molar-refractivity contribution in [3.8, 4) is 11.1 Å². The highest BCUT2D eigenvalue weighted by Gasteiger charge is 2.44. The van der Waals surface area contributed by atoms with Gasteiger partial charge in [-0.2, -0.15) is 0 Å². The number of aryl methyl sites for hydroxylation is 1. The number of ether oxygens (including phenoxy) is 3. The Bertz CT molecular complexity index is 2120. The first kappa shape index (κ1) is 42.1. The second-order valence-corrected chi connectivity index (χ2v) is 17.9. The lowest BCUT2D eigenvalue weighted by molar-refractivity contribution is -0.159. The lowest BCUT2D eigenvalue weighted by Crippen LogP contribution is -2.62. The maximum Gasteiger partial charge on any atom is 0.307 e. The number of fused-ring (bicyclic) bond motifs is 4. The number of methoxy groups -OCH3 is 1. The predicted octanol–water partition coefficient (Wildman–Crippen LogP) is 8.45. The number of rotatable bonds is 14. The summed E-state index contributed by atoms with van der Waals surface area (Å²) in [5, 5.41) is 3.94. The summed E-state index contributed by atoms with van der Waals surface area (Å²) in [6.45, 7) is 6.36. The van der Waals surface area contributed by atoms with Crippen molar-refractivity contribution in [2.45, 2.75) is 88.7 Å². The van der Waals surface area contributed by atoms with E-state index in [2.05, 4.69) is 41.7 Å². The van der Waals surface area contributed by atoms with Crippen molar-refractivity contribution in [1.29, 1.82) is 0 Å². The van der Waals surface area contributed by atoms with Crippen LogP contribution in [0.2, 0.25) is 5.02 Å². The molecule has 4 aromatic carbocycles. The SMILES string of the molecule is COC[C@H](CC(=O)OCC1c2ccccc2-c2ccccc21)C(=O)NC1(Cc2ccc(Cl)cc2)CCCN(C(=O)[C@@H](CC(=O)OC(C)(C)C)[C@H]2CCc3ccccc32)C1. The molecule has 0 radical (unpaired) electrons. The van der Waals surface area contributed by atoms with Crippen LogP contribution in [0.5, 0.6) is 0 Å². The Morgan fingerprint density at radius 1 is 0.847 bits per heavy atom. The Balaban J connectivity index is 1.10. The highest BCUT2D eigenvalue weighted by molar-refractivity contribution is 6.30. The Morgan fingerprint density at radius 3 is 2.15 bits per heavy atom. The van der Waals surface area contributed by atoms with Gasteiger partial charge >= 0.3 is 11.9 Å². The van der Waals surface area contributed by atoms with Crippen molar-refractivity contribution in [3.63, 3.8) is 0 Å². The van der Waals surface area contributed by atoms with Gasteiger partial charge in [-0.05, 0) is 110 Å². The minimum atomic E-state index is -0.879. The lowest BCUT2D eigenvalue weighted by atomic mass is 9.80. The number of hydrogen-bond acceptors (Lipinski definition) is 7. The van der Waals surface area contributed by atoms with Gasteiger partial charge in [0, 0.05) is 31.1 Å². The highest BCUT2D eigenvalue weighted by Crippen LogP contribution is 2.45. The minimum Gasteiger partial charge on any atom is -0.465 e. The minimum absolute atomic E-state index is 0.00868. The molecule has 0 aromatic heterocycles. The predicted molar refractivity (Wildman–Crippen MR) is 228 cm³/mol. The first-order valence-electron chi connectivity index (χ1n) is 20.8. The van der Waals surface area contributed by atoms with Gasteiger partial charge < -0.3 is 24.4 Å². The molecule has 0 bridgehead atoms. The number of nitrogens with one attached hydrogen (secondary N) is 1. The molecule has 9 nitrogen and oxygen atoms in total. The molecule has 4 aromatic rings. The van der Waals surface area contributed by atoms with Gasteiger partial charge in [-0.15, -0.1) is 0 Å². The lowest BCUT2D eigenvalue weighted by Gasteiger charge is -2.45. The summed E-state index contributed by atoms with van der Waals surface area (Å²) >= 11 is 6.28. The smallest absolute Gasteiger partial charge is 0.307 e. The summed E-state index contributed by atoms with van der Waals surface area (Å²) in [6.07, 6.45) is 3.02. The Morgan fingerprint density at radius 2 is 1.49 bits per heavy atom. The second kappa shape index (κ2) is 18.1. The largest absolute Gasteiger partial charge is 0.465 e. The Labute approximate surface area is 352 Å². The van der Waals surface area contributed by atoms with Crippen LogP contribution in [-0.4, -0.2) is 73.2 Å². The van der Waals surface area contributed by atoms with Crippen LogP contribution < -0.4 is 5.32 Å². The van der Waals surface area contributed by atoms with Crippen molar-refractivity contribution in [3.05, 3.63) is 130 Å². The van der Waals surface area contributed by atoms with E-state index in [4.69, 9.17) is 25.8 Å². The number of benzene rings is 4. The van der Waals surface area contributed by atoms with Crippen LogP contribution in [0.25, 0.3) is 11.1 Å². The van der Waals surface area contributed by atoms with Gasteiger partial charge in [-0.25, -0.2) is 0 Å². The fourth-order valence-electron chi connectivity index (χ4n) is 9.48. The Hall–Kier alpha value is -4.99.